The monoisotopic (exact) mass is 965 g/mol. The molecule has 0 amide bonds. The number of aliphatic hydroxyl groups is 2. The summed E-state index contributed by atoms with van der Waals surface area (Å²) in [5, 5.41) is 15.9. The minimum atomic E-state index is -5.69. The van der Waals surface area contributed by atoms with Crippen molar-refractivity contribution in [1.82, 2.24) is 0 Å². The molecule has 18 heteroatoms. The molecular formula is C24H23F12MoNO2Pr2-2. The van der Waals surface area contributed by atoms with Crippen LogP contribution in [0, 0.1) is 94.7 Å². The summed E-state index contributed by atoms with van der Waals surface area (Å²) in [5.41, 5.74) is -6.98. The SMILES string of the molecule is CC(C)([CH]=[Mo]=[N]c1[c-]ccc[c-]1)c1ccccc1.CC(O)(C(F)(F)F)C(F)(F)F.CC(O)(C(F)(F)F)C(F)(F)F.[Pr].[Pr]. The van der Waals surface area contributed by atoms with E-state index in [9.17, 15) is 52.7 Å². The van der Waals surface area contributed by atoms with Crippen molar-refractivity contribution in [2.75, 3.05) is 0 Å². The van der Waals surface area contributed by atoms with Crippen molar-refractivity contribution in [1.29, 1.82) is 0 Å². The number of halogens is 12. The van der Waals surface area contributed by atoms with E-state index in [0.29, 0.717) is 0 Å². The largest absolute Gasteiger partial charge is 0.425 e. The van der Waals surface area contributed by atoms with Crippen LogP contribution in [0.1, 0.15) is 33.3 Å². The minimum absolute atomic E-state index is 0. The number of hydrogen-bond donors (Lipinski definition) is 2. The van der Waals surface area contributed by atoms with Crippen LogP contribution in [-0.2, 0) is 23.3 Å². The molecule has 0 fully saturated rings. The van der Waals surface area contributed by atoms with E-state index >= 15 is 0 Å². The van der Waals surface area contributed by atoms with Gasteiger partial charge in [0.25, 0.3) is 11.2 Å². The molecule has 2 N–H and O–H groups in total. The van der Waals surface area contributed by atoms with Gasteiger partial charge < -0.3 is 10.2 Å². The maximum absolute atomic E-state index is 11.4. The van der Waals surface area contributed by atoms with Crippen LogP contribution in [0.25, 0.3) is 0 Å². The summed E-state index contributed by atoms with van der Waals surface area (Å²) in [6.07, 6.45) is -22.8. The molecule has 0 aliphatic rings. The Labute approximate surface area is 308 Å². The zero-order valence-electron chi connectivity index (χ0n) is 22.1. The fraction of sp³-hybridized carbons (Fsp3) is 0.458. The van der Waals surface area contributed by atoms with E-state index in [1.165, 1.54) is 5.56 Å². The number of benzene rings is 2. The molecule has 0 bridgehead atoms. The van der Waals surface area contributed by atoms with Crippen LogP contribution in [-0.4, -0.2) is 50.5 Å². The van der Waals surface area contributed by atoms with Crippen molar-refractivity contribution in [2.45, 2.75) is 69.0 Å². The zero-order chi connectivity index (χ0) is 31.8. The predicted octanol–water partition coefficient (Wildman–Crippen LogP) is 7.69. The molecule has 234 valence electrons. The van der Waals surface area contributed by atoms with Crippen LogP contribution in [0.5, 0.6) is 0 Å². The van der Waals surface area contributed by atoms with Crippen LogP contribution in [0.3, 0.4) is 0 Å². The van der Waals surface area contributed by atoms with E-state index in [1.54, 1.807) is 0 Å². The number of alkyl halides is 12. The Morgan fingerprint density at radius 1 is 0.619 bits per heavy atom. The standard InChI is InChI=1S/C10H12.C6H3N.2C4H4F6O.Mo.2Pr/c1-10(2,3)9-7-5-4-6-8-9;7-6-4-2-1-3-5-6;2*1-2(11,3(5,6)7)4(8,9)10;;;/h1,4-8H,2-3H3;1-3H;2*11H,1H3;;;/q;-2;;;;;. The van der Waals surface area contributed by atoms with Gasteiger partial charge in [0.05, 0.1) is 0 Å². The molecule has 2 rings (SSSR count). The molecule has 0 saturated heterocycles. The second kappa shape index (κ2) is 18.1. The maximum Gasteiger partial charge on any atom is 0.425 e. The molecule has 0 aliphatic carbocycles. The average molecular weight is 963 g/mol. The summed E-state index contributed by atoms with van der Waals surface area (Å²) in [6, 6.07) is 22.4. The summed E-state index contributed by atoms with van der Waals surface area (Å²) in [4.78, 5) is 0. The minimum Gasteiger partial charge on any atom is -0.374 e. The van der Waals surface area contributed by atoms with Crippen molar-refractivity contribution >= 4 is 10.1 Å². The van der Waals surface area contributed by atoms with Gasteiger partial charge in [-0.2, -0.15) is 52.7 Å². The van der Waals surface area contributed by atoms with Gasteiger partial charge in [-0.25, -0.2) is 0 Å². The smallest absolute Gasteiger partial charge is 0.374 e. The van der Waals surface area contributed by atoms with Gasteiger partial charge in [0.15, 0.2) is 0 Å². The van der Waals surface area contributed by atoms with Crippen molar-refractivity contribution in [3.63, 3.8) is 0 Å². The molecule has 2 aromatic carbocycles. The van der Waals surface area contributed by atoms with E-state index in [0.717, 1.165) is 5.69 Å². The first-order valence-electron chi connectivity index (χ1n) is 10.6. The summed E-state index contributed by atoms with van der Waals surface area (Å²) in [6.45, 7) is 3.79. The van der Waals surface area contributed by atoms with Crippen molar-refractivity contribution in [3.8, 4) is 0 Å². The third-order valence-corrected chi connectivity index (χ3v) is 7.27. The first-order chi connectivity index (χ1) is 17.7. The van der Waals surface area contributed by atoms with E-state index in [4.69, 9.17) is 10.2 Å². The van der Waals surface area contributed by atoms with Crippen LogP contribution >= 0.6 is 0 Å². The third kappa shape index (κ3) is 14.8. The molecule has 0 unspecified atom stereocenters. The molecule has 0 saturated carbocycles. The topological polar surface area (TPSA) is 52.8 Å². The first kappa shape index (κ1) is 47.0. The van der Waals surface area contributed by atoms with Gasteiger partial charge in [-0.1, -0.05) is 0 Å². The Kier molecular flexibility index (Phi) is 20.2. The zero-order valence-corrected chi connectivity index (χ0v) is 31.6. The molecule has 0 heterocycles. The molecule has 0 atom stereocenters. The number of nitrogens with zero attached hydrogens (tertiary/aromatic N) is 1. The summed E-state index contributed by atoms with van der Waals surface area (Å²) in [7, 11) is 0. The van der Waals surface area contributed by atoms with Gasteiger partial charge in [0.2, 0.25) is 0 Å². The summed E-state index contributed by atoms with van der Waals surface area (Å²) < 4.78 is 143. The van der Waals surface area contributed by atoms with Gasteiger partial charge in [0, 0.05) is 82.6 Å². The Bertz CT molecular complexity index is 1040. The van der Waals surface area contributed by atoms with Gasteiger partial charge in [-0.15, -0.1) is 0 Å². The molecule has 0 aromatic heterocycles. The van der Waals surface area contributed by atoms with E-state index in [-0.39, 0.29) is 102 Å². The third-order valence-electron chi connectivity index (χ3n) is 4.85. The van der Waals surface area contributed by atoms with Gasteiger partial charge in [0.1, 0.15) is 0 Å². The average Bonchev–Trinajstić information content (AvgIpc) is 2.78. The summed E-state index contributed by atoms with van der Waals surface area (Å²) in [5.74, 6) is 0. The Balaban J connectivity index is -0.000000560. The first-order valence-corrected chi connectivity index (χ1v) is 12.6. The summed E-state index contributed by atoms with van der Waals surface area (Å²) >= 11 is -0.516. The molecule has 3 nitrogen and oxygen atoms in total. The fourth-order valence-electron chi connectivity index (χ4n) is 1.86. The van der Waals surface area contributed by atoms with E-state index in [2.05, 4.69) is 64.2 Å². The molecule has 2 aromatic rings. The Hall–Kier alpha value is 0.606. The van der Waals surface area contributed by atoms with Crippen molar-refractivity contribution in [3.05, 3.63) is 66.2 Å². The van der Waals surface area contributed by atoms with Crippen LogP contribution in [0.15, 0.2) is 52.0 Å². The van der Waals surface area contributed by atoms with E-state index in [1.807, 2.05) is 18.2 Å². The van der Waals surface area contributed by atoms with Crippen LogP contribution < -0.4 is 0 Å². The van der Waals surface area contributed by atoms with Gasteiger partial charge in [-0.05, 0) is 13.8 Å². The second-order valence-electron chi connectivity index (χ2n) is 8.70. The van der Waals surface area contributed by atoms with Crippen LogP contribution in [0.2, 0.25) is 0 Å². The molecule has 2 radical (unpaired) electrons. The second-order valence-corrected chi connectivity index (χ2v) is 10.2. The van der Waals surface area contributed by atoms with Gasteiger partial charge in [-0.3, -0.25) is 0 Å². The molecular weight excluding hydrogens is 940 g/mol. The Morgan fingerprint density at radius 3 is 1.24 bits per heavy atom. The molecule has 0 spiro atoms. The fourth-order valence-corrected chi connectivity index (χ4v) is 3.49. The van der Waals surface area contributed by atoms with Crippen molar-refractivity contribution < 1.29 is 163 Å². The molecule has 0 aliphatic heterocycles. The van der Waals surface area contributed by atoms with Gasteiger partial charge >= 0.3 is 142 Å². The Morgan fingerprint density at radius 2 is 0.952 bits per heavy atom. The number of hydrogen-bond acceptors (Lipinski definition) is 3. The maximum atomic E-state index is 11.4. The quantitative estimate of drug-likeness (QED) is 0.189. The van der Waals surface area contributed by atoms with Crippen molar-refractivity contribution in [2.24, 2.45) is 3.50 Å². The number of rotatable bonds is 3. The van der Waals surface area contributed by atoms with Crippen LogP contribution in [0.4, 0.5) is 58.4 Å². The van der Waals surface area contributed by atoms with E-state index < -0.39 is 53.8 Å². The predicted molar refractivity (Wildman–Crippen MR) is 117 cm³/mol. The normalized spacial score (nSPS) is 12.6. The molecule has 42 heavy (non-hydrogen) atoms.